The monoisotopic (exact) mass is 403 g/mol. The van der Waals surface area contributed by atoms with Gasteiger partial charge < -0.3 is 19.5 Å². The predicted molar refractivity (Wildman–Crippen MR) is 99.0 cm³/mol. The lowest BCUT2D eigenvalue weighted by Gasteiger charge is -2.13. The van der Waals surface area contributed by atoms with Crippen LogP contribution in [0.2, 0.25) is 0 Å². The average Bonchev–Trinajstić information content (AvgIpc) is 3.17. The van der Waals surface area contributed by atoms with Gasteiger partial charge >= 0.3 is 0 Å². The molecule has 1 aromatic carbocycles. The second-order valence-corrected chi connectivity index (χ2v) is 6.48. The molecular weight excluding hydrogens is 384 g/mol. The molecule has 6 nitrogen and oxygen atoms in total. The first-order chi connectivity index (χ1) is 12.0. The summed E-state index contributed by atoms with van der Waals surface area (Å²) >= 11 is 3.56. The van der Waals surface area contributed by atoms with E-state index in [1.54, 1.807) is 0 Å². The van der Waals surface area contributed by atoms with Crippen molar-refractivity contribution in [3.63, 3.8) is 0 Å². The van der Waals surface area contributed by atoms with Gasteiger partial charge in [0.1, 0.15) is 18.1 Å². The van der Waals surface area contributed by atoms with Crippen molar-refractivity contribution >= 4 is 15.9 Å². The van der Waals surface area contributed by atoms with Gasteiger partial charge in [-0.2, -0.15) is 0 Å². The summed E-state index contributed by atoms with van der Waals surface area (Å²) in [4.78, 5) is 0. The summed E-state index contributed by atoms with van der Waals surface area (Å²) in [5.41, 5.74) is 9.23. The molecule has 0 spiro atoms. The Bertz CT molecular complexity index is 885. The van der Waals surface area contributed by atoms with Crippen LogP contribution in [0.4, 0.5) is 0 Å². The summed E-state index contributed by atoms with van der Waals surface area (Å²) in [7, 11) is 0. The molecule has 0 aliphatic heterocycles. The zero-order valence-corrected chi connectivity index (χ0v) is 16.1. The van der Waals surface area contributed by atoms with E-state index in [-0.39, 0.29) is 0 Å². The summed E-state index contributed by atoms with van der Waals surface area (Å²) in [6, 6.07) is 9.23. The molecule has 0 aliphatic rings. The number of rotatable bonds is 6. The standard InChI is InChI=1S/C18H20BrN4O2/c1-4-16-21-22-18(25-16)17-11(2)9-12(3)23(17)13-5-6-15(14(19)10-13)24-8-7-20/h5-6,10H,4,7-8,20H2,1-3H3. The molecule has 0 unspecified atom stereocenters. The van der Waals surface area contributed by atoms with Crippen molar-refractivity contribution in [2.45, 2.75) is 27.2 Å². The van der Waals surface area contributed by atoms with Gasteiger partial charge in [0.25, 0.3) is 5.89 Å². The lowest BCUT2D eigenvalue weighted by molar-refractivity contribution is 0.326. The maximum absolute atomic E-state index is 5.77. The highest BCUT2D eigenvalue weighted by Crippen LogP contribution is 2.33. The largest absolute Gasteiger partial charge is 0.491 e. The summed E-state index contributed by atoms with van der Waals surface area (Å²) in [6.45, 7) is 6.92. The number of hydrogen-bond donors (Lipinski definition) is 1. The Labute approximate surface area is 155 Å². The van der Waals surface area contributed by atoms with Gasteiger partial charge in [0.15, 0.2) is 0 Å². The SMILES string of the molecule is CCc1nnc(-c2c(C)[c]c(C)n2-c2ccc(OCCN)c(Br)c2)o1. The van der Waals surface area contributed by atoms with E-state index in [1.165, 1.54) is 0 Å². The predicted octanol–water partition coefficient (Wildman–Crippen LogP) is 3.61. The zero-order chi connectivity index (χ0) is 18.0. The van der Waals surface area contributed by atoms with Crippen molar-refractivity contribution in [3.8, 4) is 23.0 Å². The Kier molecular flexibility index (Phi) is 5.24. The number of ether oxygens (including phenoxy) is 1. The van der Waals surface area contributed by atoms with Crippen molar-refractivity contribution < 1.29 is 9.15 Å². The second kappa shape index (κ2) is 7.41. The van der Waals surface area contributed by atoms with Crippen LogP contribution in [0.5, 0.6) is 5.75 Å². The Balaban J connectivity index is 2.07. The molecule has 0 saturated heterocycles. The van der Waals surface area contributed by atoms with Crippen molar-refractivity contribution in [1.82, 2.24) is 14.8 Å². The first kappa shape index (κ1) is 17.7. The van der Waals surface area contributed by atoms with Crippen LogP contribution in [0.3, 0.4) is 0 Å². The molecule has 131 valence electrons. The van der Waals surface area contributed by atoms with Gasteiger partial charge in [-0.05, 0) is 53.5 Å². The fraction of sp³-hybridized carbons (Fsp3) is 0.333. The van der Waals surface area contributed by atoms with Crippen LogP contribution < -0.4 is 10.5 Å². The molecule has 2 heterocycles. The summed E-state index contributed by atoms with van der Waals surface area (Å²) in [5, 5.41) is 8.27. The summed E-state index contributed by atoms with van der Waals surface area (Å²) in [6.07, 6.45) is 0.703. The highest BCUT2D eigenvalue weighted by atomic mass is 79.9. The van der Waals surface area contributed by atoms with Gasteiger partial charge in [-0.25, -0.2) is 0 Å². The minimum absolute atomic E-state index is 0.472. The van der Waals surface area contributed by atoms with Gasteiger partial charge in [-0.15, -0.1) is 10.2 Å². The molecule has 0 bridgehead atoms. The third-order valence-corrected chi connectivity index (χ3v) is 4.42. The minimum Gasteiger partial charge on any atom is -0.491 e. The maximum atomic E-state index is 5.77. The Morgan fingerprint density at radius 3 is 2.76 bits per heavy atom. The molecule has 1 radical (unpaired) electrons. The third-order valence-electron chi connectivity index (χ3n) is 3.80. The Morgan fingerprint density at radius 1 is 1.32 bits per heavy atom. The number of nitrogens with zero attached hydrogens (tertiary/aromatic N) is 3. The number of hydrogen-bond acceptors (Lipinski definition) is 5. The fourth-order valence-electron chi connectivity index (χ4n) is 2.71. The van der Waals surface area contributed by atoms with E-state index in [9.17, 15) is 0 Å². The van der Waals surface area contributed by atoms with Crippen LogP contribution in [0.1, 0.15) is 24.1 Å². The van der Waals surface area contributed by atoms with Gasteiger partial charge in [-0.3, -0.25) is 0 Å². The third kappa shape index (κ3) is 3.48. The minimum atomic E-state index is 0.472. The number of nitrogens with two attached hydrogens (primary N) is 1. The van der Waals surface area contributed by atoms with Gasteiger partial charge in [0, 0.05) is 30.4 Å². The van der Waals surface area contributed by atoms with Crippen LogP contribution in [-0.2, 0) is 6.42 Å². The maximum Gasteiger partial charge on any atom is 0.264 e. The van der Waals surface area contributed by atoms with Crippen molar-refractivity contribution in [2.24, 2.45) is 5.73 Å². The van der Waals surface area contributed by atoms with Gasteiger partial charge in [0.05, 0.1) is 4.47 Å². The molecule has 7 heteroatoms. The van der Waals surface area contributed by atoms with Crippen LogP contribution in [-0.4, -0.2) is 27.9 Å². The molecule has 3 aromatic rings. The van der Waals surface area contributed by atoms with Crippen molar-refractivity contribution in [3.05, 3.63) is 45.9 Å². The Hall–Kier alpha value is -2.12. The van der Waals surface area contributed by atoms with E-state index >= 15 is 0 Å². The summed E-state index contributed by atoms with van der Waals surface area (Å²) < 4.78 is 14.3. The van der Waals surface area contributed by atoms with E-state index < -0.39 is 0 Å². The van der Waals surface area contributed by atoms with Gasteiger partial charge in [-0.1, -0.05) is 6.92 Å². The molecule has 0 fully saturated rings. The smallest absolute Gasteiger partial charge is 0.264 e. The molecule has 3 rings (SSSR count). The Morgan fingerprint density at radius 2 is 2.12 bits per heavy atom. The molecule has 0 saturated carbocycles. The van der Waals surface area contributed by atoms with Crippen LogP contribution in [0.25, 0.3) is 17.3 Å². The molecular formula is C18H20BrN4O2. The van der Waals surface area contributed by atoms with Crippen molar-refractivity contribution in [1.29, 1.82) is 0 Å². The van der Waals surface area contributed by atoms with E-state index in [2.05, 4.69) is 36.8 Å². The molecule has 0 atom stereocenters. The zero-order valence-electron chi connectivity index (χ0n) is 14.5. The van der Waals surface area contributed by atoms with Crippen molar-refractivity contribution in [2.75, 3.05) is 13.2 Å². The number of aromatic nitrogens is 3. The van der Waals surface area contributed by atoms with E-state index in [4.69, 9.17) is 14.9 Å². The average molecular weight is 404 g/mol. The highest BCUT2D eigenvalue weighted by Gasteiger charge is 2.19. The lowest BCUT2D eigenvalue weighted by Crippen LogP contribution is -2.11. The molecule has 2 aromatic heterocycles. The quantitative estimate of drug-likeness (QED) is 0.679. The van der Waals surface area contributed by atoms with E-state index in [1.807, 2.05) is 39.0 Å². The highest BCUT2D eigenvalue weighted by molar-refractivity contribution is 9.10. The van der Waals surface area contributed by atoms with E-state index in [0.717, 1.165) is 32.9 Å². The molecule has 0 amide bonds. The normalized spacial score (nSPS) is 11.1. The first-order valence-corrected chi connectivity index (χ1v) is 8.91. The number of benzene rings is 1. The van der Waals surface area contributed by atoms with Gasteiger partial charge in [0.2, 0.25) is 5.89 Å². The first-order valence-electron chi connectivity index (χ1n) is 8.12. The lowest BCUT2D eigenvalue weighted by atomic mass is 10.2. The van der Waals surface area contributed by atoms with Crippen LogP contribution >= 0.6 is 15.9 Å². The van der Waals surface area contributed by atoms with E-state index in [0.29, 0.717) is 31.4 Å². The summed E-state index contributed by atoms with van der Waals surface area (Å²) in [5.74, 6) is 1.87. The fourth-order valence-corrected chi connectivity index (χ4v) is 3.19. The molecule has 2 N–H and O–H groups in total. The van der Waals surface area contributed by atoms with Crippen LogP contribution in [0.15, 0.2) is 27.1 Å². The number of halogens is 1. The molecule has 25 heavy (non-hydrogen) atoms. The van der Waals surface area contributed by atoms with Crippen LogP contribution in [0, 0.1) is 19.9 Å². The second-order valence-electron chi connectivity index (χ2n) is 5.63. The topological polar surface area (TPSA) is 79.1 Å². The molecule has 0 aliphatic carbocycles. The number of aryl methyl sites for hydroxylation is 3.